The van der Waals surface area contributed by atoms with E-state index in [-0.39, 0.29) is 16.0 Å². The molecule has 0 saturated heterocycles. The molecule has 2 aromatic rings. The number of halogens is 2. The second-order valence-electron chi connectivity index (χ2n) is 4.79. The van der Waals surface area contributed by atoms with E-state index in [9.17, 15) is 4.79 Å². The molecule has 1 N–H and O–H groups in total. The summed E-state index contributed by atoms with van der Waals surface area (Å²) in [7, 11) is 1.46. The molecular weight excluding hydrogens is 341 g/mol. The minimum Gasteiger partial charge on any atom is -0.494 e. The monoisotopic (exact) mass is 353 g/mol. The molecule has 0 spiro atoms. The number of methoxy groups -OCH3 is 1. The first kappa shape index (κ1) is 15.8. The van der Waals surface area contributed by atoms with Gasteiger partial charge in [-0.3, -0.25) is 4.79 Å². The Bertz CT molecular complexity index is 741. The SMILES string of the molecule is COc1c(Cl)cc(C(=O)Nc2ccc3c(c2)OCCO3)cc1Cl. The van der Waals surface area contributed by atoms with Gasteiger partial charge in [0.1, 0.15) is 13.2 Å². The van der Waals surface area contributed by atoms with E-state index in [0.29, 0.717) is 41.7 Å². The van der Waals surface area contributed by atoms with Crippen LogP contribution in [-0.2, 0) is 0 Å². The van der Waals surface area contributed by atoms with Gasteiger partial charge in [0.05, 0.1) is 17.2 Å². The van der Waals surface area contributed by atoms with Crippen molar-refractivity contribution in [1.29, 1.82) is 0 Å². The van der Waals surface area contributed by atoms with Crippen LogP contribution in [0.15, 0.2) is 30.3 Å². The Balaban J connectivity index is 1.82. The average Bonchev–Trinajstić information content (AvgIpc) is 2.54. The first-order chi connectivity index (χ1) is 11.1. The number of anilines is 1. The zero-order valence-corrected chi connectivity index (χ0v) is 13.7. The molecule has 1 aliphatic rings. The van der Waals surface area contributed by atoms with E-state index in [1.807, 2.05) is 0 Å². The molecule has 0 bridgehead atoms. The summed E-state index contributed by atoms with van der Waals surface area (Å²) in [5.41, 5.74) is 0.915. The van der Waals surface area contributed by atoms with Gasteiger partial charge in [0.15, 0.2) is 17.2 Å². The van der Waals surface area contributed by atoms with Gasteiger partial charge in [-0.25, -0.2) is 0 Å². The number of hydrogen-bond donors (Lipinski definition) is 1. The Hall–Kier alpha value is -2.11. The molecule has 0 saturated carbocycles. The standard InChI is InChI=1S/C16H13Cl2NO4/c1-21-15-11(17)6-9(7-12(15)18)16(20)19-10-2-3-13-14(8-10)23-5-4-22-13/h2-3,6-8H,4-5H2,1H3,(H,19,20). The first-order valence-electron chi connectivity index (χ1n) is 6.82. The van der Waals surface area contributed by atoms with E-state index < -0.39 is 0 Å². The Labute approximate surface area is 143 Å². The van der Waals surface area contributed by atoms with E-state index in [1.165, 1.54) is 19.2 Å². The molecule has 0 atom stereocenters. The number of benzene rings is 2. The number of ether oxygens (including phenoxy) is 3. The summed E-state index contributed by atoms with van der Waals surface area (Å²) in [6.45, 7) is 0.996. The fraction of sp³-hybridized carbons (Fsp3) is 0.188. The van der Waals surface area contributed by atoms with Crippen LogP contribution >= 0.6 is 23.2 Å². The Morgan fingerprint density at radius 1 is 1.09 bits per heavy atom. The lowest BCUT2D eigenvalue weighted by Crippen LogP contribution is -2.16. The van der Waals surface area contributed by atoms with E-state index >= 15 is 0 Å². The molecule has 5 nitrogen and oxygen atoms in total. The van der Waals surface area contributed by atoms with Gasteiger partial charge in [-0.05, 0) is 24.3 Å². The van der Waals surface area contributed by atoms with Gasteiger partial charge in [0, 0.05) is 17.3 Å². The molecule has 0 radical (unpaired) electrons. The highest BCUT2D eigenvalue weighted by atomic mass is 35.5. The quantitative estimate of drug-likeness (QED) is 0.904. The third-order valence-corrected chi connectivity index (χ3v) is 3.83. The van der Waals surface area contributed by atoms with Crippen molar-refractivity contribution in [2.24, 2.45) is 0 Å². The van der Waals surface area contributed by atoms with Gasteiger partial charge >= 0.3 is 0 Å². The topological polar surface area (TPSA) is 56.8 Å². The molecule has 3 rings (SSSR count). The van der Waals surface area contributed by atoms with Crippen LogP contribution < -0.4 is 19.5 Å². The van der Waals surface area contributed by atoms with E-state index in [0.717, 1.165) is 0 Å². The normalized spacial score (nSPS) is 12.7. The molecule has 23 heavy (non-hydrogen) atoms. The first-order valence-corrected chi connectivity index (χ1v) is 7.58. The summed E-state index contributed by atoms with van der Waals surface area (Å²) >= 11 is 12.1. The van der Waals surface area contributed by atoms with Crippen LogP contribution in [0.4, 0.5) is 5.69 Å². The zero-order chi connectivity index (χ0) is 16.4. The van der Waals surface area contributed by atoms with Gasteiger partial charge in [-0.2, -0.15) is 0 Å². The predicted octanol–water partition coefficient (Wildman–Crippen LogP) is 4.03. The van der Waals surface area contributed by atoms with Crippen molar-refractivity contribution in [1.82, 2.24) is 0 Å². The maximum absolute atomic E-state index is 12.3. The fourth-order valence-electron chi connectivity index (χ4n) is 2.21. The Kier molecular flexibility index (Phi) is 4.50. The van der Waals surface area contributed by atoms with Crippen molar-refractivity contribution >= 4 is 34.8 Å². The summed E-state index contributed by atoms with van der Waals surface area (Å²) in [5.74, 6) is 1.25. The lowest BCUT2D eigenvalue weighted by molar-refractivity contribution is 0.102. The number of carbonyl (C=O) groups is 1. The number of amides is 1. The molecule has 1 amide bonds. The largest absolute Gasteiger partial charge is 0.494 e. The van der Waals surface area contributed by atoms with Gasteiger partial charge in [-0.1, -0.05) is 23.2 Å². The number of rotatable bonds is 3. The average molecular weight is 354 g/mol. The van der Waals surface area contributed by atoms with Crippen molar-refractivity contribution in [2.45, 2.75) is 0 Å². The van der Waals surface area contributed by atoms with Crippen LogP contribution in [0, 0.1) is 0 Å². The molecule has 1 aliphatic heterocycles. The number of fused-ring (bicyclic) bond motifs is 1. The van der Waals surface area contributed by atoms with Crippen molar-refractivity contribution < 1.29 is 19.0 Å². The second kappa shape index (κ2) is 6.56. The number of carbonyl (C=O) groups excluding carboxylic acids is 1. The summed E-state index contributed by atoms with van der Waals surface area (Å²) in [6.07, 6.45) is 0. The molecule has 0 aromatic heterocycles. The third-order valence-electron chi connectivity index (χ3n) is 3.26. The lowest BCUT2D eigenvalue weighted by Gasteiger charge is -2.19. The van der Waals surface area contributed by atoms with Gasteiger partial charge < -0.3 is 19.5 Å². The minimum absolute atomic E-state index is 0.271. The minimum atomic E-state index is -0.340. The van der Waals surface area contributed by atoms with Crippen molar-refractivity contribution in [3.05, 3.63) is 45.9 Å². The molecular formula is C16H13Cl2NO4. The molecule has 7 heteroatoms. The highest BCUT2D eigenvalue weighted by molar-refractivity contribution is 6.37. The number of hydrogen-bond acceptors (Lipinski definition) is 4. The summed E-state index contributed by atoms with van der Waals surface area (Å²) < 4.78 is 16.0. The summed E-state index contributed by atoms with van der Waals surface area (Å²) in [4.78, 5) is 12.3. The molecule has 0 unspecified atom stereocenters. The van der Waals surface area contributed by atoms with Crippen LogP contribution in [0.2, 0.25) is 10.0 Å². The Morgan fingerprint density at radius 3 is 2.39 bits per heavy atom. The van der Waals surface area contributed by atoms with Crippen molar-refractivity contribution in [2.75, 3.05) is 25.6 Å². The predicted molar refractivity (Wildman–Crippen MR) is 88.4 cm³/mol. The van der Waals surface area contributed by atoms with Crippen molar-refractivity contribution in [3.8, 4) is 17.2 Å². The van der Waals surface area contributed by atoms with E-state index in [4.69, 9.17) is 37.4 Å². The summed E-state index contributed by atoms with van der Waals surface area (Å²) in [6, 6.07) is 8.19. The zero-order valence-electron chi connectivity index (χ0n) is 12.2. The smallest absolute Gasteiger partial charge is 0.255 e. The van der Waals surface area contributed by atoms with Crippen LogP contribution in [0.25, 0.3) is 0 Å². The Morgan fingerprint density at radius 2 is 1.74 bits per heavy atom. The maximum Gasteiger partial charge on any atom is 0.255 e. The lowest BCUT2D eigenvalue weighted by atomic mass is 10.2. The van der Waals surface area contributed by atoms with Crippen LogP contribution in [0.5, 0.6) is 17.2 Å². The fourth-order valence-corrected chi connectivity index (χ4v) is 2.85. The van der Waals surface area contributed by atoms with Gasteiger partial charge in [0.2, 0.25) is 0 Å². The summed E-state index contributed by atoms with van der Waals surface area (Å²) in [5, 5.41) is 3.31. The molecule has 2 aromatic carbocycles. The van der Waals surface area contributed by atoms with Gasteiger partial charge in [-0.15, -0.1) is 0 Å². The van der Waals surface area contributed by atoms with E-state index in [1.54, 1.807) is 18.2 Å². The molecule has 0 fully saturated rings. The van der Waals surface area contributed by atoms with Crippen molar-refractivity contribution in [3.63, 3.8) is 0 Å². The van der Waals surface area contributed by atoms with Crippen LogP contribution in [0.3, 0.4) is 0 Å². The highest BCUT2D eigenvalue weighted by Crippen LogP contribution is 2.35. The second-order valence-corrected chi connectivity index (χ2v) is 5.60. The third kappa shape index (κ3) is 3.30. The van der Waals surface area contributed by atoms with E-state index in [2.05, 4.69) is 5.32 Å². The molecule has 120 valence electrons. The molecule has 0 aliphatic carbocycles. The maximum atomic E-state index is 12.3. The van der Waals surface area contributed by atoms with Gasteiger partial charge in [0.25, 0.3) is 5.91 Å². The number of nitrogens with one attached hydrogen (secondary N) is 1. The highest BCUT2D eigenvalue weighted by Gasteiger charge is 2.16. The van der Waals surface area contributed by atoms with Crippen LogP contribution in [-0.4, -0.2) is 26.2 Å². The molecule has 1 heterocycles. The van der Waals surface area contributed by atoms with Crippen LogP contribution in [0.1, 0.15) is 10.4 Å².